The molecule has 0 atom stereocenters. The Morgan fingerprint density at radius 1 is 1.36 bits per heavy atom. The van der Waals surface area contributed by atoms with Crippen LogP contribution in [0.25, 0.3) is 0 Å². The molecule has 0 radical (unpaired) electrons. The van der Waals surface area contributed by atoms with Crippen molar-refractivity contribution in [1.82, 2.24) is 10.2 Å². The molecule has 1 heterocycles. The van der Waals surface area contributed by atoms with Crippen molar-refractivity contribution in [2.75, 3.05) is 25.1 Å². The molecule has 1 N–H and O–H groups in total. The Hall–Kier alpha value is -0.680. The summed E-state index contributed by atoms with van der Waals surface area (Å²) in [4.78, 5) is 1.91. The fraction of sp³-hybridized carbons (Fsp3) is 0.778. The highest BCUT2D eigenvalue weighted by Crippen LogP contribution is 2.28. The first kappa shape index (κ1) is 11.4. The van der Waals surface area contributed by atoms with Crippen LogP contribution in [0, 0.1) is 0 Å². The van der Waals surface area contributed by atoms with E-state index in [9.17, 15) is 0 Å². The SMILES string of the molecule is CN(CCO)c1nnc(C(C)(C)C)s1. The van der Waals surface area contributed by atoms with E-state index >= 15 is 0 Å². The maximum atomic E-state index is 8.78. The highest BCUT2D eigenvalue weighted by molar-refractivity contribution is 7.15. The molecule has 0 amide bonds. The monoisotopic (exact) mass is 215 g/mol. The molecule has 0 aliphatic heterocycles. The average Bonchev–Trinajstić information content (AvgIpc) is 2.51. The number of rotatable bonds is 3. The first-order chi connectivity index (χ1) is 6.45. The lowest BCUT2D eigenvalue weighted by Gasteiger charge is -2.14. The van der Waals surface area contributed by atoms with E-state index in [0.29, 0.717) is 6.54 Å². The van der Waals surface area contributed by atoms with E-state index in [1.165, 1.54) is 0 Å². The van der Waals surface area contributed by atoms with Crippen LogP contribution in [-0.2, 0) is 5.41 Å². The minimum Gasteiger partial charge on any atom is -0.395 e. The standard InChI is InChI=1S/C9H17N3OS/c1-9(2,3)7-10-11-8(14-7)12(4)5-6-13/h13H,5-6H2,1-4H3. The Labute approximate surface area is 88.6 Å². The zero-order valence-electron chi connectivity index (χ0n) is 9.11. The Morgan fingerprint density at radius 2 is 2.00 bits per heavy atom. The Morgan fingerprint density at radius 3 is 2.43 bits per heavy atom. The van der Waals surface area contributed by atoms with Crippen LogP contribution in [0.4, 0.5) is 5.13 Å². The normalized spacial score (nSPS) is 11.8. The molecule has 0 saturated carbocycles. The Bertz CT molecular complexity index is 292. The van der Waals surface area contributed by atoms with Gasteiger partial charge in [-0.05, 0) is 0 Å². The van der Waals surface area contributed by atoms with Gasteiger partial charge in [0.25, 0.3) is 0 Å². The van der Waals surface area contributed by atoms with Crippen molar-refractivity contribution < 1.29 is 5.11 Å². The first-order valence-electron chi connectivity index (χ1n) is 4.61. The smallest absolute Gasteiger partial charge is 0.208 e. The fourth-order valence-electron chi connectivity index (χ4n) is 0.918. The lowest BCUT2D eigenvalue weighted by molar-refractivity contribution is 0.304. The summed E-state index contributed by atoms with van der Waals surface area (Å²) in [6, 6.07) is 0. The number of aromatic nitrogens is 2. The van der Waals surface area contributed by atoms with E-state index in [0.717, 1.165) is 10.1 Å². The molecule has 0 spiro atoms. The van der Waals surface area contributed by atoms with Crippen molar-refractivity contribution in [2.24, 2.45) is 0 Å². The molecule has 14 heavy (non-hydrogen) atoms. The molecular formula is C9H17N3OS. The highest BCUT2D eigenvalue weighted by Gasteiger charge is 2.20. The molecule has 0 unspecified atom stereocenters. The number of likely N-dealkylation sites (N-methyl/N-ethyl adjacent to an activating group) is 1. The van der Waals surface area contributed by atoms with E-state index < -0.39 is 0 Å². The molecule has 0 saturated heterocycles. The highest BCUT2D eigenvalue weighted by atomic mass is 32.1. The Kier molecular flexibility index (Phi) is 3.44. The van der Waals surface area contributed by atoms with Crippen molar-refractivity contribution in [3.8, 4) is 0 Å². The third kappa shape index (κ3) is 2.65. The van der Waals surface area contributed by atoms with Crippen LogP contribution in [0.2, 0.25) is 0 Å². The van der Waals surface area contributed by atoms with Crippen molar-refractivity contribution in [3.05, 3.63) is 5.01 Å². The molecule has 1 rings (SSSR count). The van der Waals surface area contributed by atoms with Gasteiger partial charge >= 0.3 is 0 Å². The molecule has 1 aromatic heterocycles. The van der Waals surface area contributed by atoms with Gasteiger partial charge in [-0.25, -0.2) is 0 Å². The number of anilines is 1. The molecule has 0 aliphatic rings. The predicted octanol–water partition coefficient (Wildman–Crippen LogP) is 1.26. The van der Waals surface area contributed by atoms with Gasteiger partial charge in [-0.1, -0.05) is 32.1 Å². The summed E-state index contributed by atoms with van der Waals surface area (Å²) in [5.74, 6) is 0. The minimum absolute atomic E-state index is 0.0516. The molecular weight excluding hydrogens is 198 g/mol. The fourth-order valence-corrected chi connectivity index (χ4v) is 1.81. The maximum absolute atomic E-state index is 8.78. The predicted molar refractivity (Wildman–Crippen MR) is 59.0 cm³/mol. The van der Waals surface area contributed by atoms with E-state index in [-0.39, 0.29) is 12.0 Å². The second kappa shape index (κ2) is 4.23. The largest absolute Gasteiger partial charge is 0.395 e. The van der Waals surface area contributed by atoms with Crippen LogP contribution in [0.1, 0.15) is 25.8 Å². The number of nitrogens with zero attached hydrogens (tertiary/aromatic N) is 3. The third-order valence-corrected chi connectivity index (χ3v) is 3.28. The first-order valence-corrected chi connectivity index (χ1v) is 5.43. The summed E-state index contributed by atoms with van der Waals surface area (Å²) in [6.07, 6.45) is 0. The van der Waals surface area contributed by atoms with Gasteiger partial charge in [0, 0.05) is 19.0 Å². The van der Waals surface area contributed by atoms with E-state index in [2.05, 4.69) is 31.0 Å². The molecule has 80 valence electrons. The van der Waals surface area contributed by atoms with Crippen molar-refractivity contribution in [1.29, 1.82) is 0 Å². The lowest BCUT2D eigenvalue weighted by atomic mass is 9.98. The quantitative estimate of drug-likeness (QED) is 0.825. The Balaban J connectivity index is 2.78. The van der Waals surface area contributed by atoms with Gasteiger partial charge in [0.1, 0.15) is 5.01 Å². The summed E-state index contributed by atoms with van der Waals surface area (Å²) in [5, 5.41) is 18.9. The van der Waals surface area contributed by atoms with Gasteiger partial charge in [-0.2, -0.15) is 0 Å². The molecule has 0 fully saturated rings. The van der Waals surface area contributed by atoms with E-state index in [4.69, 9.17) is 5.11 Å². The van der Waals surface area contributed by atoms with Crippen molar-refractivity contribution in [2.45, 2.75) is 26.2 Å². The molecule has 0 bridgehead atoms. The van der Waals surface area contributed by atoms with E-state index in [1.54, 1.807) is 11.3 Å². The number of hydrogen-bond acceptors (Lipinski definition) is 5. The second-order valence-electron chi connectivity index (χ2n) is 4.28. The number of aliphatic hydroxyl groups is 1. The maximum Gasteiger partial charge on any atom is 0.208 e. The van der Waals surface area contributed by atoms with Gasteiger partial charge in [-0.3, -0.25) is 0 Å². The second-order valence-corrected chi connectivity index (χ2v) is 5.24. The van der Waals surface area contributed by atoms with Crippen LogP contribution in [-0.4, -0.2) is 35.5 Å². The zero-order valence-corrected chi connectivity index (χ0v) is 9.93. The van der Waals surface area contributed by atoms with E-state index in [1.807, 2.05) is 11.9 Å². The lowest BCUT2D eigenvalue weighted by Crippen LogP contribution is -2.20. The van der Waals surface area contributed by atoms with Crippen molar-refractivity contribution >= 4 is 16.5 Å². The summed E-state index contributed by atoms with van der Waals surface area (Å²) in [5.41, 5.74) is 0.0516. The molecule has 0 aliphatic carbocycles. The van der Waals surface area contributed by atoms with Gasteiger partial charge in [0.2, 0.25) is 5.13 Å². The molecule has 4 nitrogen and oxygen atoms in total. The summed E-state index contributed by atoms with van der Waals surface area (Å²) in [7, 11) is 1.91. The summed E-state index contributed by atoms with van der Waals surface area (Å²) in [6.45, 7) is 7.08. The average molecular weight is 215 g/mol. The van der Waals surface area contributed by atoms with Crippen molar-refractivity contribution in [3.63, 3.8) is 0 Å². The zero-order chi connectivity index (χ0) is 10.8. The van der Waals surface area contributed by atoms with Gasteiger partial charge < -0.3 is 10.0 Å². The van der Waals surface area contributed by atoms with Crippen LogP contribution in [0.15, 0.2) is 0 Å². The van der Waals surface area contributed by atoms with Gasteiger partial charge in [0.05, 0.1) is 6.61 Å². The molecule has 0 aromatic carbocycles. The number of aliphatic hydroxyl groups excluding tert-OH is 1. The third-order valence-electron chi connectivity index (χ3n) is 1.82. The topological polar surface area (TPSA) is 49.2 Å². The van der Waals surface area contributed by atoms with Gasteiger partial charge in [-0.15, -0.1) is 10.2 Å². The summed E-state index contributed by atoms with van der Waals surface area (Å²) < 4.78 is 0. The van der Waals surface area contributed by atoms with Crippen LogP contribution in [0.3, 0.4) is 0 Å². The summed E-state index contributed by atoms with van der Waals surface area (Å²) >= 11 is 1.58. The van der Waals surface area contributed by atoms with Gasteiger partial charge in [0.15, 0.2) is 0 Å². The number of hydrogen-bond donors (Lipinski definition) is 1. The van der Waals surface area contributed by atoms with Crippen LogP contribution < -0.4 is 4.90 Å². The van der Waals surface area contributed by atoms with Crippen LogP contribution in [0.5, 0.6) is 0 Å². The van der Waals surface area contributed by atoms with Crippen LogP contribution >= 0.6 is 11.3 Å². The molecule has 5 heteroatoms. The minimum atomic E-state index is 0.0516. The molecule has 1 aromatic rings.